The van der Waals surface area contributed by atoms with Crippen LogP contribution >= 0.6 is 11.6 Å². The van der Waals surface area contributed by atoms with Crippen molar-refractivity contribution >= 4 is 17.3 Å². The zero-order valence-electron chi connectivity index (χ0n) is 10.7. The van der Waals surface area contributed by atoms with E-state index in [-0.39, 0.29) is 5.60 Å². The molecule has 0 amide bonds. The van der Waals surface area contributed by atoms with Crippen molar-refractivity contribution in [1.82, 2.24) is 0 Å². The Labute approximate surface area is 108 Å². The molecular formula is C14H20ClNO. The molecule has 0 aromatic heterocycles. The van der Waals surface area contributed by atoms with Crippen LogP contribution in [0.25, 0.3) is 0 Å². The van der Waals surface area contributed by atoms with E-state index < -0.39 is 0 Å². The van der Waals surface area contributed by atoms with Gasteiger partial charge in [0.1, 0.15) is 0 Å². The van der Waals surface area contributed by atoms with Crippen LogP contribution in [-0.2, 0) is 4.74 Å². The number of halogens is 1. The van der Waals surface area contributed by atoms with Crippen molar-refractivity contribution in [1.29, 1.82) is 0 Å². The lowest BCUT2D eigenvalue weighted by atomic mass is 9.94. The van der Waals surface area contributed by atoms with Crippen molar-refractivity contribution in [2.75, 3.05) is 11.9 Å². The highest BCUT2D eigenvalue weighted by molar-refractivity contribution is 6.31. The van der Waals surface area contributed by atoms with E-state index in [1.807, 2.05) is 13.0 Å². The lowest BCUT2D eigenvalue weighted by Crippen LogP contribution is -2.40. The van der Waals surface area contributed by atoms with Gasteiger partial charge in [-0.2, -0.15) is 0 Å². The van der Waals surface area contributed by atoms with Crippen LogP contribution in [0.15, 0.2) is 18.2 Å². The molecule has 0 aliphatic carbocycles. The number of anilines is 1. The standard InChI is InChI=1S/C14H20ClNO/c1-10-4-5-11(8-13(10)15)16-12-6-7-17-14(2,3)9-12/h4-5,8,12,16H,6-7,9H2,1-3H3. The second-order valence-electron chi connectivity index (χ2n) is 5.41. The molecule has 1 saturated heterocycles. The lowest BCUT2D eigenvalue weighted by molar-refractivity contribution is -0.0553. The molecular weight excluding hydrogens is 234 g/mol. The Bertz CT molecular complexity index is 403. The van der Waals surface area contributed by atoms with E-state index in [0.29, 0.717) is 6.04 Å². The van der Waals surface area contributed by atoms with Gasteiger partial charge in [-0.1, -0.05) is 17.7 Å². The predicted molar refractivity (Wildman–Crippen MR) is 72.9 cm³/mol. The molecule has 1 aliphatic heterocycles. The summed E-state index contributed by atoms with van der Waals surface area (Å²) in [6.45, 7) is 7.12. The first-order valence-electron chi connectivity index (χ1n) is 6.13. The molecule has 3 heteroatoms. The van der Waals surface area contributed by atoms with Crippen molar-refractivity contribution < 1.29 is 4.74 Å². The summed E-state index contributed by atoms with van der Waals surface area (Å²) in [6.07, 6.45) is 2.08. The third kappa shape index (κ3) is 3.36. The first-order valence-corrected chi connectivity index (χ1v) is 6.51. The van der Waals surface area contributed by atoms with E-state index in [2.05, 4.69) is 31.3 Å². The van der Waals surface area contributed by atoms with Gasteiger partial charge in [0.25, 0.3) is 0 Å². The smallest absolute Gasteiger partial charge is 0.0646 e. The number of ether oxygens (including phenoxy) is 1. The van der Waals surface area contributed by atoms with Gasteiger partial charge in [-0.25, -0.2) is 0 Å². The molecule has 1 unspecified atom stereocenters. The third-order valence-electron chi connectivity index (χ3n) is 3.24. The number of aryl methyl sites for hydroxylation is 1. The van der Waals surface area contributed by atoms with Crippen LogP contribution < -0.4 is 5.32 Å². The fourth-order valence-corrected chi connectivity index (χ4v) is 2.45. The third-order valence-corrected chi connectivity index (χ3v) is 3.65. The van der Waals surface area contributed by atoms with Gasteiger partial charge in [0.2, 0.25) is 0 Å². The quantitative estimate of drug-likeness (QED) is 0.860. The maximum Gasteiger partial charge on any atom is 0.0646 e. The van der Waals surface area contributed by atoms with E-state index in [1.165, 1.54) is 0 Å². The minimum atomic E-state index is -0.0234. The van der Waals surface area contributed by atoms with Crippen molar-refractivity contribution in [2.45, 2.75) is 45.3 Å². The van der Waals surface area contributed by atoms with Gasteiger partial charge in [0.15, 0.2) is 0 Å². The average Bonchev–Trinajstić information content (AvgIpc) is 2.22. The molecule has 17 heavy (non-hydrogen) atoms. The monoisotopic (exact) mass is 253 g/mol. The molecule has 2 nitrogen and oxygen atoms in total. The van der Waals surface area contributed by atoms with E-state index in [0.717, 1.165) is 35.7 Å². The number of rotatable bonds is 2. The molecule has 0 bridgehead atoms. The summed E-state index contributed by atoms with van der Waals surface area (Å²) in [4.78, 5) is 0. The Morgan fingerprint density at radius 2 is 2.18 bits per heavy atom. The predicted octanol–water partition coefficient (Wildman–Crippen LogP) is 4.02. The Hall–Kier alpha value is -0.730. The molecule has 1 N–H and O–H groups in total. The van der Waals surface area contributed by atoms with Gasteiger partial charge in [-0.05, 0) is 51.3 Å². The zero-order chi connectivity index (χ0) is 12.5. The van der Waals surface area contributed by atoms with Crippen molar-refractivity contribution in [3.63, 3.8) is 0 Å². The molecule has 1 aromatic carbocycles. The summed E-state index contributed by atoms with van der Waals surface area (Å²) >= 11 is 6.12. The fraction of sp³-hybridized carbons (Fsp3) is 0.571. The second-order valence-corrected chi connectivity index (χ2v) is 5.81. The van der Waals surface area contributed by atoms with Crippen LogP contribution in [0.2, 0.25) is 5.02 Å². The van der Waals surface area contributed by atoms with Gasteiger partial charge < -0.3 is 10.1 Å². The van der Waals surface area contributed by atoms with E-state index in [4.69, 9.17) is 16.3 Å². The van der Waals surface area contributed by atoms with E-state index >= 15 is 0 Å². The Morgan fingerprint density at radius 3 is 2.82 bits per heavy atom. The van der Waals surface area contributed by atoms with Crippen LogP contribution in [0.4, 0.5) is 5.69 Å². The molecule has 1 aliphatic rings. The highest BCUT2D eigenvalue weighted by Gasteiger charge is 2.28. The second kappa shape index (κ2) is 4.87. The van der Waals surface area contributed by atoms with Gasteiger partial charge >= 0.3 is 0 Å². The summed E-state index contributed by atoms with van der Waals surface area (Å²) in [5.41, 5.74) is 2.19. The van der Waals surface area contributed by atoms with Gasteiger partial charge in [0.05, 0.1) is 5.60 Å². The summed E-state index contributed by atoms with van der Waals surface area (Å²) in [5.74, 6) is 0. The molecule has 1 heterocycles. The van der Waals surface area contributed by atoms with Crippen molar-refractivity contribution in [3.05, 3.63) is 28.8 Å². The van der Waals surface area contributed by atoms with Crippen LogP contribution in [0.5, 0.6) is 0 Å². The number of nitrogens with one attached hydrogen (secondary N) is 1. The molecule has 1 aromatic rings. The Kier molecular flexibility index (Phi) is 3.64. The number of hydrogen-bond donors (Lipinski definition) is 1. The number of benzene rings is 1. The van der Waals surface area contributed by atoms with Gasteiger partial charge in [-0.15, -0.1) is 0 Å². The molecule has 0 radical (unpaired) electrons. The normalized spacial score (nSPS) is 23.4. The van der Waals surface area contributed by atoms with Crippen molar-refractivity contribution in [2.24, 2.45) is 0 Å². The van der Waals surface area contributed by atoms with Gasteiger partial charge in [-0.3, -0.25) is 0 Å². The largest absolute Gasteiger partial charge is 0.382 e. The van der Waals surface area contributed by atoms with Gasteiger partial charge in [0, 0.05) is 23.4 Å². The Morgan fingerprint density at radius 1 is 1.41 bits per heavy atom. The molecule has 1 atom stereocenters. The topological polar surface area (TPSA) is 21.3 Å². The van der Waals surface area contributed by atoms with Crippen molar-refractivity contribution in [3.8, 4) is 0 Å². The minimum absolute atomic E-state index is 0.0234. The van der Waals surface area contributed by atoms with Crippen LogP contribution in [0, 0.1) is 6.92 Å². The maximum absolute atomic E-state index is 6.12. The fourth-order valence-electron chi connectivity index (χ4n) is 2.27. The average molecular weight is 254 g/mol. The first-order chi connectivity index (χ1) is 7.96. The first kappa shape index (κ1) is 12.7. The highest BCUT2D eigenvalue weighted by atomic mass is 35.5. The minimum Gasteiger partial charge on any atom is -0.382 e. The highest BCUT2D eigenvalue weighted by Crippen LogP contribution is 2.27. The summed E-state index contributed by atoms with van der Waals surface area (Å²) < 4.78 is 5.71. The molecule has 0 spiro atoms. The molecule has 2 rings (SSSR count). The molecule has 1 fully saturated rings. The van der Waals surface area contributed by atoms with Crippen LogP contribution in [0.3, 0.4) is 0 Å². The SMILES string of the molecule is Cc1ccc(NC2CCOC(C)(C)C2)cc1Cl. The summed E-state index contributed by atoms with van der Waals surface area (Å²) in [5, 5.41) is 4.36. The lowest BCUT2D eigenvalue weighted by Gasteiger charge is -2.36. The van der Waals surface area contributed by atoms with Crippen LogP contribution in [0.1, 0.15) is 32.3 Å². The van der Waals surface area contributed by atoms with E-state index in [9.17, 15) is 0 Å². The number of hydrogen-bond acceptors (Lipinski definition) is 2. The molecule has 0 saturated carbocycles. The zero-order valence-corrected chi connectivity index (χ0v) is 11.5. The Balaban J connectivity index is 2.03. The van der Waals surface area contributed by atoms with E-state index in [1.54, 1.807) is 0 Å². The summed E-state index contributed by atoms with van der Waals surface area (Å²) in [7, 11) is 0. The van der Waals surface area contributed by atoms with Crippen LogP contribution in [-0.4, -0.2) is 18.2 Å². The molecule has 94 valence electrons. The summed E-state index contributed by atoms with van der Waals surface area (Å²) in [6, 6.07) is 6.61. The maximum atomic E-state index is 6.12.